The second-order valence-corrected chi connectivity index (χ2v) is 7.42. The molecule has 0 unspecified atom stereocenters. The summed E-state index contributed by atoms with van der Waals surface area (Å²) < 4.78 is 32.0. The first-order chi connectivity index (χ1) is 11.0. The van der Waals surface area contributed by atoms with E-state index in [0.717, 1.165) is 18.4 Å². The molecule has 23 heavy (non-hydrogen) atoms. The zero-order valence-electron chi connectivity index (χ0n) is 14.2. The van der Waals surface area contributed by atoms with E-state index < -0.39 is 10.0 Å². The second-order valence-electron chi connectivity index (χ2n) is 5.57. The van der Waals surface area contributed by atoms with Crippen LogP contribution in [0.2, 0.25) is 0 Å². The van der Waals surface area contributed by atoms with E-state index in [9.17, 15) is 8.42 Å². The fourth-order valence-corrected chi connectivity index (χ4v) is 3.45. The maximum atomic E-state index is 12.1. The third-order valence-corrected chi connectivity index (χ3v) is 5.26. The van der Waals surface area contributed by atoms with Gasteiger partial charge in [-0.15, -0.1) is 0 Å². The molecule has 2 N–H and O–H groups in total. The Balaban J connectivity index is 2.78. The van der Waals surface area contributed by atoms with Crippen molar-refractivity contribution in [3.63, 3.8) is 0 Å². The molecule has 5 nitrogen and oxygen atoms in total. The molecule has 0 fully saturated rings. The Kier molecular flexibility index (Phi) is 9.21. The number of sulfonamides is 1. The summed E-state index contributed by atoms with van der Waals surface area (Å²) in [6.07, 6.45) is 7.65. The van der Waals surface area contributed by atoms with E-state index in [-0.39, 0.29) is 13.2 Å². The highest BCUT2D eigenvalue weighted by Crippen LogP contribution is 2.24. The average Bonchev–Trinajstić information content (AvgIpc) is 2.56. The SMILES string of the molecule is CCCCCCCCc1cc(OCCO)ccc1S(=O)(=O)NC. The van der Waals surface area contributed by atoms with Gasteiger partial charge in [-0.25, -0.2) is 13.1 Å². The van der Waals surface area contributed by atoms with Crippen molar-refractivity contribution >= 4 is 10.0 Å². The lowest BCUT2D eigenvalue weighted by atomic mass is 10.0. The molecule has 1 rings (SSSR count). The summed E-state index contributed by atoms with van der Waals surface area (Å²) in [4.78, 5) is 0.310. The molecule has 0 saturated heterocycles. The Hall–Kier alpha value is -1.11. The molecule has 132 valence electrons. The van der Waals surface area contributed by atoms with Crippen LogP contribution in [0, 0.1) is 0 Å². The molecule has 1 aromatic rings. The second kappa shape index (κ2) is 10.6. The lowest BCUT2D eigenvalue weighted by Crippen LogP contribution is -2.20. The minimum Gasteiger partial charge on any atom is -0.491 e. The molecule has 0 spiro atoms. The lowest BCUT2D eigenvalue weighted by molar-refractivity contribution is 0.201. The summed E-state index contributed by atoms with van der Waals surface area (Å²) in [5.41, 5.74) is 0.769. The van der Waals surface area contributed by atoms with Crippen LogP contribution < -0.4 is 9.46 Å². The number of hydrogen-bond acceptors (Lipinski definition) is 4. The Bertz CT molecular complexity index is 558. The van der Waals surface area contributed by atoms with Gasteiger partial charge < -0.3 is 9.84 Å². The maximum absolute atomic E-state index is 12.1. The number of ether oxygens (including phenoxy) is 1. The molecule has 0 aliphatic rings. The van der Waals surface area contributed by atoms with Crippen molar-refractivity contribution in [1.29, 1.82) is 0 Å². The molecule has 0 atom stereocenters. The Morgan fingerprint density at radius 2 is 1.83 bits per heavy atom. The van der Waals surface area contributed by atoms with E-state index in [0.29, 0.717) is 17.1 Å². The van der Waals surface area contributed by atoms with E-state index in [1.54, 1.807) is 18.2 Å². The molecule has 1 aromatic carbocycles. The fraction of sp³-hybridized carbons (Fsp3) is 0.647. The van der Waals surface area contributed by atoms with Gasteiger partial charge in [0.2, 0.25) is 10.0 Å². The van der Waals surface area contributed by atoms with Gasteiger partial charge in [0.15, 0.2) is 0 Å². The maximum Gasteiger partial charge on any atom is 0.240 e. The van der Waals surface area contributed by atoms with Gasteiger partial charge in [0.25, 0.3) is 0 Å². The largest absolute Gasteiger partial charge is 0.491 e. The summed E-state index contributed by atoms with van der Waals surface area (Å²) in [5.74, 6) is 0.593. The summed E-state index contributed by atoms with van der Waals surface area (Å²) in [5, 5.41) is 8.83. The first-order valence-corrected chi connectivity index (χ1v) is 9.83. The van der Waals surface area contributed by atoms with Crippen molar-refractivity contribution in [3.05, 3.63) is 23.8 Å². The first kappa shape index (κ1) is 19.9. The highest BCUT2D eigenvalue weighted by atomic mass is 32.2. The molecular weight excluding hydrogens is 314 g/mol. The summed E-state index contributed by atoms with van der Waals surface area (Å²) >= 11 is 0. The minimum atomic E-state index is -3.47. The van der Waals surface area contributed by atoms with Gasteiger partial charge in [-0.2, -0.15) is 0 Å². The van der Waals surface area contributed by atoms with Crippen LogP contribution in [-0.4, -0.2) is 33.8 Å². The van der Waals surface area contributed by atoms with Crippen LogP contribution in [0.15, 0.2) is 23.1 Å². The summed E-state index contributed by atoms with van der Waals surface area (Å²) in [7, 11) is -2.06. The van der Waals surface area contributed by atoms with Crippen molar-refractivity contribution in [1.82, 2.24) is 4.72 Å². The lowest BCUT2D eigenvalue weighted by Gasteiger charge is -2.12. The molecular formula is C17H29NO4S. The van der Waals surface area contributed by atoms with Gasteiger partial charge in [0.1, 0.15) is 12.4 Å². The smallest absolute Gasteiger partial charge is 0.240 e. The zero-order valence-corrected chi connectivity index (χ0v) is 15.0. The Morgan fingerprint density at radius 3 is 2.48 bits per heavy atom. The zero-order chi connectivity index (χ0) is 17.1. The monoisotopic (exact) mass is 343 g/mol. The highest BCUT2D eigenvalue weighted by molar-refractivity contribution is 7.89. The molecule has 0 amide bonds. The normalized spacial score (nSPS) is 11.6. The molecule has 0 aromatic heterocycles. The molecule has 0 bridgehead atoms. The van der Waals surface area contributed by atoms with Crippen LogP contribution in [0.1, 0.15) is 51.0 Å². The van der Waals surface area contributed by atoms with Gasteiger partial charge in [0, 0.05) is 0 Å². The molecule has 0 aliphatic carbocycles. The number of rotatable bonds is 12. The number of unbranched alkanes of at least 4 members (excludes halogenated alkanes) is 5. The average molecular weight is 343 g/mol. The van der Waals surface area contributed by atoms with E-state index in [2.05, 4.69) is 11.6 Å². The van der Waals surface area contributed by atoms with Gasteiger partial charge in [-0.1, -0.05) is 39.0 Å². The Morgan fingerprint density at radius 1 is 1.13 bits per heavy atom. The third kappa shape index (κ3) is 6.89. The van der Waals surface area contributed by atoms with Crippen molar-refractivity contribution < 1.29 is 18.3 Å². The molecule has 0 radical (unpaired) electrons. The number of nitrogens with one attached hydrogen (secondary N) is 1. The minimum absolute atomic E-state index is 0.0661. The Labute approximate surface area is 140 Å². The van der Waals surface area contributed by atoms with Gasteiger partial charge in [-0.05, 0) is 43.7 Å². The topological polar surface area (TPSA) is 75.6 Å². The first-order valence-electron chi connectivity index (χ1n) is 8.35. The quantitative estimate of drug-likeness (QED) is 0.572. The predicted octanol–water partition coefficient (Wildman–Crippen LogP) is 2.87. The molecule has 0 heterocycles. The van der Waals surface area contributed by atoms with Crippen LogP contribution in [-0.2, 0) is 16.4 Å². The van der Waals surface area contributed by atoms with E-state index >= 15 is 0 Å². The van der Waals surface area contributed by atoms with Crippen molar-refractivity contribution in [2.45, 2.75) is 56.8 Å². The van der Waals surface area contributed by atoms with Crippen LogP contribution in [0.25, 0.3) is 0 Å². The van der Waals surface area contributed by atoms with Gasteiger partial charge >= 0.3 is 0 Å². The van der Waals surface area contributed by atoms with E-state index in [1.165, 1.54) is 32.7 Å². The molecule has 6 heteroatoms. The van der Waals surface area contributed by atoms with Crippen molar-refractivity contribution in [3.8, 4) is 5.75 Å². The number of aliphatic hydroxyl groups excluding tert-OH is 1. The number of hydrogen-bond donors (Lipinski definition) is 2. The third-order valence-electron chi connectivity index (χ3n) is 3.75. The standard InChI is InChI=1S/C17H29NO4S/c1-3-4-5-6-7-8-9-15-14-16(22-13-12-19)10-11-17(15)23(20,21)18-2/h10-11,14,18-19H,3-9,12-13H2,1-2H3. The summed E-state index contributed by atoms with van der Waals surface area (Å²) in [6, 6.07) is 4.97. The predicted molar refractivity (Wildman–Crippen MR) is 92.3 cm³/mol. The van der Waals surface area contributed by atoms with Crippen LogP contribution in [0.5, 0.6) is 5.75 Å². The van der Waals surface area contributed by atoms with Crippen molar-refractivity contribution in [2.24, 2.45) is 0 Å². The highest BCUT2D eigenvalue weighted by Gasteiger charge is 2.17. The van der Waals surface area contributed by atoms with Crippen LogP contribution >= 0.6 is 0 Å². The van der Waals surface area contributed by atoms with Crippen molar-refractivity contribution in [2.75, 3.05) is 20.3 Å². The summed E-state index contributed by atoms with van der Waals surface area (Å²) in [6.45, 7) is 2.32. The van der Waals surface area contributed by atoms with Crippen LogP contribution in [0.4, 0.5) is 0 Å². The fourth-order valence-electron chi connectivity index (χ4n) is 2.47. The van der Waals surface area contributed by atoms with E-state index in [4.69, 9.17) is 9.84 Å². The van der Waals surface area contributed by atoms with Gasteiger partial charge in [0.05, 0.1) is 11.5 Å². The molecule has 0 aliphatic heterocycles. The number of benzene rings is 1. The number of aliphatic hydroxyl groups is 1. The van der Waals surface area contributed by atoms with Gasteiger partial charge in [-0.3, -0.25) is 0 Å². The molecule has 0 saturated carbocycles. The van der Waals surface area contributed by atoms with E-state index in [1.807, 2.05) is 0 Å². The number of aryl methyl sites for hydroxylation is 1. The van der Waals surface area contributed by atoms with Crippen LogP contribution in [0.3, 0.4) is 0 Å².